The van der Waals surface area contributed by atoms with Gasteiger partial charge in [0.25, 0.3) is 5.56 Å². The molecule has 1 aromatic heterocycles. The molecule has 0 amide bonds. The highest BCUT2D eigenvalue weighted by atomic mass is 16.5. The van der Waals surface area contributed by atoms with Gasteiger partial charge < -0.3 is 5.21 Å². The second-order valence-corrected chi connectivity index (χ2v) is 3.76. The topological polar surface area (TPSA) is 55.1 Å². The number of rotatable bonds is 1. The summed E-state index contributed by atoms with van der Waals surface area (Å²) in [5.74, 6) is 0.394. The molecule has 0 bridgehead atoms. The summed E-state index contributed by atoms with van der Waals surface area (Å²) in [5.41, 5.74) is 0.209. The van der Waals surface area contributed by atoms with Crippen molar-refractivity contribution in [2.75, 3.05) is 0 Å². The van der Waals surface area contributed by atoms with Gasteiger partial charge in [-0.1, -0.05) is 26.0 Å². The van der Waals surface area contributed by atoms with Crippen LogP contribution in [0.2, 0.25) is 0 Å². The molecule has 0 aliphatic heterocycles. The maximum absolute atomic E-state index is 11.7. The Morgan fingerprint density at radius 3 is 2.67 bits per heavy atom. The van der Waals surface area contributed by atoms with Crippen molar-refractivity contribution in [2.24, 2.45) is 0 Å². The predicted molar refractivity (Wildman–Crippen MR) is 57.3 cm³/mol. The van der Waals surface area contributed by atoms with Crippen LogP contribution in [0, 0.1) is 0 Å². The zero-order valence-electron chi connectivity index (χ0n) is 8.64. The highest BCUT2D eigenvalue weighted by Gasteiger charge is 2.11. The Morgan fingerprint density at radius 1 is 1.33 bits per heavy atom. The number of nitrogens with zero attached hydrogens (tertiary/aromatic N) is 2. The zero-order valence-corrected chi connectivity index (χ0v) is 8.64. The van der Waals surface area contributed by atoms with Crippen molar-refractivity contribution in [1.29, 1.82) is 0 Å². The maximum Gasteiger partial charge on any atom is 0.294 e. The first-order valence-corrected chi connectivity index (χ1v) is 4.82. The molecule has 15 heavy (non-hydrogen) atoms. The molecule has 0 aliphatic rings. The van der Waals surface area contributed by atoms with Crippen LogP contribution < -0.4 is 5.56 Å². The van der Waals surface area contributed by atoms with E-state index in [0.717, 1.165) is 0 Å². The van der Waals surface area contributed by atoms with Crippen molar-refractivity contribution in [3.8, 4) is 0 Å². The van der Waals surface area contributed by atoms with E-state index in [1.807, 2.05) is 19.9 Å². The number of fused-ring (bicyclic) bond motifs is 1. The lowest BCUT2D eigenvalue weighted by molar-refractivity contribution is 0.159. The van der Waals surface area contributed by atoms with E-state index in [-0.39, 0.29) is 5.92 Å². The first kappa shape index (κ1) is 9.71. The molecular formula is C11H12N2O2. The van der Waals surface area contributed by atoms with Crippen LogP contribution in [0.1, 0.15) is 25.6 Å². The molecule has 0 radical (unpaired) electrons. The molecule has 78 valence electrons. The summed E-state index contributed by atoms with van der Waals surface area (Å²) in [5, 5.41) is 10.0. The minimum atomic E-state index is -0.413. The van der Waals surface area contributed by atoms with Crippen LogP contribution in [-0.4, -0.2) is 14.9 Å². The molecular weight excluding hydrogens is 192 g/mol. The van der Waals surface area contributed by atoms with Gasteiger partial charge in [-0.3, -0.25) is 4.79 Å². The summed E-state index contributed by atoms with van der Waals surface area (Å²) >= 11 is 0. The Bertz CT molecular complexity index is 558. The van der Waals surface area contributed by atoms with Crippen LogP contribution in [-0.2, 0) is 0 Å². The Morgan fingerprint density at radius 2 is 2.00 bits per heavy atom. The fraction of sp³-hybridized carbons (Fsp3) is 0.273. The summed E-state index contributed by atoms with van der Waals surface area (Å²) in [7, 11) is 0. The number of benzene rings is 1. The van der Waals surface area contributed by atoms with Gasteiger partial charge in [0.2, 0.25) is 0 Å². The monoisotopic (exact) mass is 204 g/mol. The second-order valence-electron chi connectivity index (χ2n) is 3.76. The predicted octanol–water partition coefficient (Wildman–Crippen LogP) is 1.76. The molecule has 0 fully saturated rings. The molecule has 0 atom stereocenters. The SMILES string of the molecule is CC(C)c1nc2ccccc2c(=O)n1O. The zero-order chi connectivity index (χ0) is 11.0. The van der Waals surface area contributed by atoms with Gasteiger partial charge in [0.1, 0.15) is 0 Å². The smallest absolute Gasteiger partial charge is 0.294 e. The molecule has 0 saturated heterocycles. The van der Waals surface area contributed by atoms with Crippen molar-refractivity contribution in [3.63, 3.8) is 0 Å². The Balaban J connectivity index is 2.89. The normalized spacial score (nSPS) is 11.1. The molecule has 4 nitrogen and oxygen atoms in total. The van der Waals surface area contributed by atoms with Crippen LogP contribution in [0.3, 0.4) is 0 Å². The van der Waals surface area contributed by atoms with E-state index in [1.54, 1.807) is 18.2 Å². The summed E-state index contributed by atoms with van der Waals surface area (Å²) in [6.07, 6.45) is 0. The lowest BCUT2D eigenvalue weighted by atomic mass is 10.2. The highest BCUT2D eigenvalue weighted by molar-refractivity contribution is 5.77. The van der Waals surface area contributed by atoms with Crippen molar-refractivity contribution < 1.29 is 5.21 Å². The van der Waals surface area contributed by atoms with Gasteiger partial charge in [-0.15, -0.1) is 4.73 Å². The standard InChI is InChI=1S/C11H12N2O2/c1-7(2)10-12-9-6-4-3-5-8(9)11(14)13(10)15/h3-7,15H,1-2H3. The van der Waals surface area contributed by atoms with Crippen molar-refractivity contribution in [1.82, 2.24) is 9.71 Å². The third-order valence-electron chi connectivity index (χ3n) is 2.30. The number of hydrogen-bond donors (Lipinski definition) is 1. The van der Waals surface area contributed by atoms with Crippen LogP contribution in [0.4, 0.5) is 0 Å². The van der Waals surface area contributed by atoms with Gasteiger partial charge in [-0.2, -0.15) is 0 Å². The highest BCUT2D eigenvalue weighted by Crippen LogP contribution is 2.13. The summed E-state index contributed by atoms with van der Waals surface area (Å²) < 4.78 is 0.632. The number of para-hydroxylation sites is 1. The van der Waals surface area contributed by atoms with E-state index in [2.05, 4.69) is 4.98 Å². The second kappa shape index (κ2) is 3.38. The van der Waals surface area contributed by atoms with E-state index >= 15 is 0 Å². The molecule has 4 heteroatoms. The summed E-state index contributed by atoms with van der Waals surface area (Å²) in [4.78, 5) is 16.0. The molecule has 2 rings (SSSR count). The van der Waals surface area contributed by atoms with E-state index in [4.69, 9.17) is 0 Å². The van der Waals surface area contributed by atoms with E-state index < -0.39 is 5.56 Å². The van der Waals surface area contributed by atoms with E-state index in [1.165, 1.54) is 0 Å². The molecule has 0 unspecified atom stereocenters. The average molecular weight is 204 g/mol. The molecule has 0 aliphatic carbocycles. The largest absolute Gasteiger partial charge is 0.424 e. The Hall–Kier alpha value is -1.84. The van der Waals surface area contributed by atoms with Gasteiger partial charge in [0.15, 0.2) is 5.82 Å². The van der Waals surface area contributed by atoms with Gasteiger partial charge >= 0.3 is 0 Å². The van der Waals surface area contributed by atoms with E-state index in [9.17, 15) is 10.0 Å². The molecule has 0 spiro atoms. The van der Waals surface area contributed by atoms with Crippen molar-refractivity contribution in [2.45, 2.75) is 19.8 Å². The molecule has 0 saturated carbocycles. The van der Waals surface area contributed by atoms with Crippen LogP contribution in [0.15, 0.2) is 29.1 Å². The van der Waals surface area contributed by atoms with E-state index in [0.29, 0.717) is 21.5 Å². The minimum Gasteiger partial charge on any atom is -0.424 e. The van der Waals surface area contributed by atoms with Crippen molar-refractivity contribution in [3.05, 3.63) is 40.4 Å². The minimum absolute atomic E-state index is 0.00676. The molecule has 1 heterocycles. The Labute approximate surface area is 86.8 Å². The molecule has 1 N–H and O–H groups in total. The third kappa shape index (κ3) is 1.48. The quantitative estimate of drug-likeness (QED) is 0.720. The molecule has 2 aromatic rings. The van der Waals surface area contributed by atoms with Gasteiger partial charge in [-0.05, 0) is 12.1 Å². The summed E-state index contributed by atoms with van der Waals surface area (Å²) in [6.45, 7) is 3.76. The van der Waals surface area contributed by atoms with Crippen LogP contribution in [0.25, 0.3) is 10.9 Å². The van der Waals surface area contributed by atoms with Gasteiger partial charge in [-0.25, -0.2) is 4.98 Å². The third-order valence-corrected chi connectivity index (χ3v) is 2.30. The number of hydrogen-bond acceptors (Lipinski definition) is 3. The van der Waals surface area contributed by atoms with Gasteiger partial charge in [0.05, 0.1) is 10.9 Å². The lowest BCUT2D eigenvalue weighted by Crippen LogP contribution is -2.23. The van der Waals surface area contributed by atoms with Crippen LogP contribution in [0.5, 0.6) is 0 Å². The fourth-order valence-corrected chi connectivity index (χ4v) is 1.51. The number of aromatic nitrogens is 2. The lowest BCUT2D eigenvalue weighted by Gasteiger charge is -2.09. The molecule has 1 aromatic carbocycles. The first-order valence-electron chi connectivity index (χ1n) is 4.82. The van der Waals surface area contributed by atoms with Gasteiger partial charge in [0, 0.05) is 5.92 Å². The van der Waals surface area contributed by atoms with Crippen molar-refractivity contribution >= 4 is 10.9 Å². The maximum atomic E-state index is 11.7. The van der Waals surface area contributed by atoms with Crippen LogP contribution >= 0.6 is 0 Å². The Kier molecular flexibility index (Phi) is 2.19. The fourth-order valence-electron chi connectivity index (χ4n) is 1.51. The average Bonchev–Trinajstić information content (AvgIpc) is 2.23. The summed E-state index contributed by atoms with van der Waals surface area (Å²) in [6, 6.07) is 6.99. The first-order chi connectivity index (χ1) is 7.11.